The molecule has 0 aliphatic carbocycles. The fraction of sp³-hybridized carbons (Fsp3) is 0.727. The van der Waals surface area contributed by atoms with Gasteiger partial charge in [0.05, 0.1) is 12.1 Å². The van der Waals surface area contributed by atoms with Crippen LogP contribution < -0.4 is 5.32 Å². The first-order chi connectivity index (χ1) is 7.27. The van der Waals surface area contributed by atoms with Gasteiger partial charge in [0.1, 0.15) is 0 Å². The van der Waals surface area contributed by atoms with Crippen LogP contribution in [0, 0.1) is 0 Å². The highest BCUT2D eigenvalue weighted by Gasteiger charge is 2.13. The summed E-state index contributed by atoms with van der Waals surface area (Å²) in [6, 6.07) is 0.807. The fourth-order valence-electron chi connectivity index (χ4n) is 1.64. The molecule has 1 heterocycles. The largest absolute Gasteiger partial charge is 0.383 e. The molecule has 2 atom stereocenters. The summed E-state index contributed by atoms with van der Waals surface area (Å²) < 4.78 is 5.20. The molecule has 0 spiro atoms. The Kier molecular flexibility index (Phi) is 5.83. The lowest BCUT2D eigenvalue weighted by Crippen LogP contribution is -2.34. The van der Waals surface area contributed by atoms with Gasteiger partial charge in [0.2, 0.25) is 0 Å². The molecule has 0 saturated carbocycles. The van der Waals surface area contributed by atoms with Crippen molar-refractivity contribution in [2.24, 2.45) is 0 Å². The van der Waals surface area contributed by atoms with Crippen molar-refractivity contribution < 1.29 is 4.74 Å². The average Bonchev–Trinajstić information content (AvgIpc) is 2.71. The van der Waals surface area contributed by atoms with Crippen molar-refractivity contribution in [2.45, 2.75) is 38.8 Å². The van der Waals surface area contributed by atoms with Crippen LogP contribution in [-0.4, -0.2) is 24.7 Å². The summed E-state index contributed by atoms with van der Waals surface area (Å²) in [5, 5.41) is 3.57. The Balaban J connectivity index is 2.43. The first-order valence-corrected chi connectivity index (χ1v) is 6.29. The first kappa shape index (κ1) is 12.6. The lowest BCUT2D eigenvalue weighted by molar-refractivity contribution is 0.157. The Bertz CT molecular complexity index is 245. The molecule has 3 nitrogen and oxygen atoms in total. The first-order valence-electron chi connectivity index (χ1n) is 5.41. The summed E-state index contributed by atoms with van der Waals surface area (Å²) in [4.78, 5) is 5.37. The van der Waals surface area contributed by atoms with E-state index >= 15 is 0 Å². The Morgan fingerprint density at radius 1 is 1.60 bits per heavy atom. The molecule has 1 aromatic rings. The van der Waals surface area contributed by atoms with E-state index in [9.17, 15) is 0 Å². The van der Waals surface area contributed by atoms with E-state index in [0.29, 0.717) is 12.1 Å². The molecule has 86 valence electrons. The van der Waals surface area contributed by atoms with E-state index in [0.717, 1.165) is 13.0 Å². The van der Waals surface area contributed by atoms with Crippen LogP contribution in [0.2, 0.25) is 0 Å². The van der Waals surface area contributed by atoms with Crippen LogP contribution in [-0.2, 0) is 4.74 Å². The second-order valence-electron chi connectivity index (χ2n) is 3.73. The highest BCUT2D eigenvalue weighted by Crippen LogP contribution is 2.17. The third-order valence-electron chi connectivity index (χ3n) is 2.37. The van der Waals surface area contributed by atoms with E-state index in [1.54, 1.807) is 18.4 Å². The number of ether oxygens (including phenoxy) is 1. The highest BCUT2D eigenvalue weighted by molar-refractivity contribution is 7.09. The summed E-state index contributed by atoms with van der Waals surface area (Å²) in [5.41, 5.74) is 1.87. The number of nitrogens with one attached hydrogen (secondary N) is 1. The van der Waals surface area contributed by atoms with Gasteiger partial charge < -0.3 is 10.1 Å². The van der Waals surface area contributed by atoms with Crippen LogP contribution in [0.4, 0.5) is 0 Å². The molecule has 0 bridgehead atoms. The smallest absolute Gasteiger partial charge is 0.0794 e. The number of rotatable bonds is 7. The van der Waals surface area contributed by atoms with Gasteiger partial charge in [0.25, 0.3) is 0 Å². The predicted octanol–water partition coefficient (Wildman–Crippen LogP) is 2.61. The van der Waals surface area contributed by atoms with Crippen molar-refractivity contribution >= 4 is 11.3 Å². The fourth-order valence-corrected chi connectivity index (χ4v) is 2.28. The van der Waals surface area contributed by atoms with Gasteiger partial charge in [-0.1, -0.05) is 13.3 Å². The lowest BCUT2D eigenvalue weighted by Gasteiger charge is -2.21. The van der Waals surface area contributed by atoms with Crippen molar-refractivity contribution in [2.75, 3.05) is 13.7 Å². The quantitative estimate of drug-likeness (QED) is 0.779. The van der Waals surface area contributed by atoms with Crippen LogP contribution in [0.15, 0.2) is 11.7 Å². The topological polar surface area (TPSA) is 34.1 Å². The van der Waals surface area contributed by atoms with Crippen molar-refractivity contribution in [3.8, 4) is 0 Å². The Morgan fingerprint density at radius 3 is 2.93 bits per heavy atom. The highest BCUT2D eigenvalue weighted by atomic mass is 32.1. The molecule has 1 N–H and O–H groups in total. The summed E-state index contributed by atoms with van der Waals surface area (Å²) in [6.45, 7) is 5.14. The van der Waals surface area contributed by atoms with Gasteiger partial charge in [-0.25, -0.2) is 0 Å². The summed E-state index contributed by atoms with van der Waals surface area (Å²) in [5.74, 6) is 0. The average molecular weight is 228 g/mol. The number of thiazole rings is 1. The summed E-state index contributed by atoms with van der Waals surface area (Å²) >= 11 is 1.69. The Hall–Kier alpha value is -0.450. The van der Waals surface area contributed by atoms with E-state index in [4.69, 9.17) is 4.74 Å². The molecule has 0 aliphatic rings. The molecule has 0 aromatic carbocycles. The molecule has 4 heteroatoms. The molecule has 0 amide bonds. The maximum Gasteiger partial charge on any atom is 0.0794 e. The maximum atomic E-state index is 5.20. The Morgan fingerprint density at radius 2 is 2.40 bits per heavy atom. The Labute approximate surface area is 95.9 Å². The van der Waals surface area contributed by atoms with Crippen LogP contribution >= 0.6 is 11.3 Å². The van der Waals surface area contributed by atoms with Crippen LogP contribution in [0.5, 0.6) is 0 Å². The minimum atomic E-state index is 0.365. The zero-order valence-electron chi connectivity index (χ0n) is 9.69. The van der Waals surface area contributed by atoms with E-state index in [2.05, 4.69) is 24.1 Å². The number of methoxy groups -OCH3 is 1. The summed E-state index contributed by atoms with van der Waals surface area (Å²) in [6.07, 6.45) is 4.26. The third-order valence-corrected chi connectivity index (χ3v) is 3.33. The van der Waals surface area contributed by atoms with E-state index < -0.39 is 0 Å². The minimum Gasteiger partial charge on any atom is -0.383 e. The summed E-state index contributed by atoms with van der Waals surface area (Å²) in [7, 11) is 1.75. The zero-order valence-corrected chi connectivity index (χ0v) is 10.5. The number of aromatic nitrogens is 1. The molecule has 0 aliphatic heterocycles. The van der Waals surface area contributed by atoms with Crippen LogP contribution in [0.3, 0.4) is 0 Å². The molecule has 1 aromatic heterocycles. The van der Waals surface area contributed by atoms with Crippen LogP contribution in [0.25, 0.3) is 0 Å². The SMILES string of the molecule is CCCC(COC)NC(C)c1cncs1. The molecule has 0 saturated heterocycles. The van der Waals surface area contributed by atoms with Gasteiger partial charge in [0, 0.05) is 30.3 Å². The van der Waals surface area contributed by atoms with Gasteiger partial charge >= 0.3 is 0 Å². The van der Waals surface area contributed by atoms with Crippen LogP contribution in [0.1, 0.15) is 37.6 Å². The molecule has 2 unspecified atom stereocenters. The molecule has 1 rings (SSSR count). The van der Waals surface area contributed by atoms with Gasteiger partial charge in [-0.05, 0) is 13.3 Å². The number of hydrogen-bond acceptors (Lipinski definition) is 4. The normalized spacial score (nSPS) is 15.1. The van der Waals surface area contributed by atoms with Gasteiger partial charge in [-0.2, -0.15) is 0 Å². The van der Waals surface area contributed by atoms with E-state index in [1.807, 2.05) is 11.7 Å². The zero-order chi connectivity index (χ0) is 11.1. The van der Waals surface area contributed by atoms with Gasteiger partial charge in [-0.3, -0.25) is 4.98 Å². The maximum absolute atomic E-state index is 5.20. The number of hydrogen-bond donors (Lipinski definition) is 1. The monoisotopic (exact) mass is 228 g/mol. The molecular weight excluding hydrogens is 208 g/mol. The van der Waals surface area contributed by atoms with Crippen molar-refractivity contribution in [3.05, 3.63) is 16.6 Å². The predicted molar refractivity (Wildman–Crippen MR) is 64.2 cm³/mol. The van der Waals surface area contributed by atoms with E-state index in [-0.39, 0.29) is 0 Å². The van der Waals surface area contributed by atoms with E-state index in [1.165, 1.54) is 11.3 Å². The van der Waals surface area contributed by atoms with Crippen molar-refractivity contribution in [1.29, 1.82) is 0 Å². The van der Waals surface area contributed by atoms with Crippen molar-refractivity contribution in [1.82, 2.24) is 10.3 Å². The molecule has 0 radical (unpaired) electrons. The minimum absolute atomic E-state index is 0.365. The third kappa shape index (κ3) is 4.28. The molecular formula is C11H20N2OS. The van der Waals surface area contributed by atoms with Gasteiger partial charge in [0.15, 0.2) is 0 Å². The number of nitrogens with zero attached hydrogens (tertiary/aromatic N) is 1. The molecule has 15 heavy (non-hydrogen) atoms. The second kappa shape index (κ2) is 6.93. The van der Waals surface area contributed by atoms with Crippen molar-refractivity contribution in [3.63, 3.8) is 0 Å². The second-order valence-corrected chi connectivity index (χ2v) is 4.65. The molecule has 0 fully saturated rings. The van der Waals surface area contributed by atoms with Gasteiger partial charge in [-0.15, -0.1) is 11.3 Å². The standard InChI is InChI=1S/C11H20N2OS/c1-4-5-10(7-14-3)13-9(2)11-6-12-8-15-11/h6,8-10,13H,4-5,7H2,1-3H3. The lowest BCUT2D eigenvalue weighted by atomic mass is 10.1.